The zero-order chi connectivity index (χ0) is 16.4. The van der Waals surface area contributed by atoms with Crippen molar-refractivity contribution in [1.29, 1.82) is 0 Å². The molecule has 2 heterocycles. The molecule has 0 atom stereocenters. The number of rotatable bonds is 3. The first kappa shape index (κ1) is 15.6. The fourth-order valence-electron chi connectivity index (χ4n) is 2.35. The molecule has 0 unspecified atom stereocenters. The average Bonchev–Trinajstić information content (AvgIpc) is 2.97. The Morgan fingerprint density at radius 2 is 1.91 bits per heavy atom. The van der Waals surface area contributed by atoms with Crippen molar-refractivity contribution in [1.82, 2.24) is 19.9 Å². The maximum atomic E-state index is 13.6. The third-order valence-electron chi connectivity index (χ3n) is 3.68. The van der Waals surface area contributed by atoms with Gasteiger partial charge in [0.25, 0.3) is 5.91 Å². The number of carbonyl (C=O) groups excluding carboxylic acids is 1. The van der Waals surface area contributed by atoms with Crippen molar-refractivity contribution in [2.45, 2.75) is 6.54 Å². The van der Waals surface area contributed by atoms with E-state index in [1.54, 1.807) is 18.2 Å². The smallest absolute Gasteiger partial charge is 0.276 e. The Bertz CT molecular complexity index is 820. The quantitative estimate of drug-likeness (QED) is 0.805. The molecule has 0 aliphatic carbocycles. The van der Waals surface area contributed by atoms with Crippen molar-refractivity contribution in [3.8, 4) is 0 Å². The third-order valence-corrected chi connectivity index (χ3v) is 5.29. The number of halogens is 1. The maximum Gasteiger partial charge on any atom is 0.276 e. The van der Waals surface area contributed by atoms with E-state index in [0.717, 1.165) is 0 Å². The van der Waals surface area contributed by atoms with Gasteiger partial charge in [-0.25, -0.2) is 17.5 Å². The van der Waals surface area contributed by atoms with Crippen LogP contribution in [-0.2, 0) is 16.4 Å². The summed E-state index contributed by atoms with van der Waals surface area (Å²) in [6.45, 7) is 0.476. The number of hydrogen-bond acceptors (Lipinski definition) is 5. The first-order valence-corrected chi connectivity index (χ1v) is 8.90. The molecule has 2 aromatic rings. The minimum Gasteiger partial charge on any atom is -0.335 e. The summed E-state index contributed by atoms with van der Waals surface area (Å²) in [4.78, 5) is 13.7. The minimum atomic E-state index is -3.05. The van der Waals surface area contributed by atoms with Gasteiger partial charge in [0.1, 0.15) is 5.82 Å². The minimum absolute atomic E-state index is 0.0396. The number of carbonyl (C=O) groups is 1. The van der Waals surface area contributed by atoms with Gasteiger partial charge in [-0.3, -0.25) is 4.79 Å². The Morgan fingerprint density at radius 3 is 2.61 bits per heavy atom. The fourth-order valence-corrected chi connectivity index (χ4v) is 3.55. The Balaban J connectivity index is 1.70. The van der Waals surface area contributed by atoms with E-state index in [1.807, 2.05) is 0 Å². The summed E-state index contributed by atoms with van der Waals surface area (Å²) in [5.74, 6) is -0.790. The van der Waals surface area contributed by atoms with Crippen LogP contribution >= 0.6 is 0 Å². The van der Waals surface area contributed by atoms with Crippen molar-refractivity contribution < 1.29 is 17.6 Å². The summed E-state index contributed by atoms with van der Waals surface area (Å²) < 4.78 is 37.8. The molecular formula is C14H15FN4O3S. The summed E-state index contributed by atoms with van der Waals surface area (Å²) in [6, 6.07) is 6.30. The predicted octanol–water partition coefficient (Wildman–Crippen LogP) is 0.336. The molecule has 1 saturated heterocycles. The lowest BCUT2D eigenvalue weighted by atomic mass is 10.2. The van der Waals surface area contributed by atoms with Gasteiger partial charge in [0, 0.05) is 18.7 Å². The largest absolute Gasteiger partial charge is 0.335 e. The van der Waals surface area contributed by atoms with Gasteiger partial charge in [-0.05, 0) is 6.07 Å². The van der Waals surface area contributed by atoms with Crippen LogP contribution in [0, 0.1) is 5.82 Å². The molecule has 0 N–H and O–H groups in total. The molecule has 0 bridgehead atoms. The lowest BCUT2D eigenvalue weighted by Gasteiger charge is -2.25. The molecule has 7 nitrogen and oxygen atoms in total. The second-order valence-corrected chi connectivity index (χ2v) is 7.64. The zero-order valence-electron chi connectivity index (χ0n) is 12.2. The Morgan fingerprint density at radius 1 is 1.22 bits per heavy atom. The molecule has 1 aliphatic rings. The van der Waals surface area contributed by atoms with Crippen LogP contribution in [-0.4, -0.2) is 58.8 Å². The normalized spacial score (nSPS) is 17.2. The maximum absolute atomic E-state index is 13.6. The van der Waals surface area contributed by atoms with E-state index in [4.69, 9.17) is 0 Å². The molecule has 3 rings (SSSR count). The summed E-state index contributed by atoms with van der Waals surface area (Å²) in [7, 11) is -3.05. The third kappa shape index (κ3) is 3.55. The highest BCUT2D eigenvalue weighted by atomic mass is 32.2. The first-order chi connectivity index (χ1) is 10.9. The predicted molar refractivity (Wildman–Crippen MR) is 80.1 cm³/mol. The molecule has 122 valence electrons. The topological polar surface area (TPSA) is 85.2 Å². The van der Waals surface area contributed by atoms with Gasteiger partial charge >= 0.3 is 0 Å². The second-order valence-electron chi connectivity index (χ2n) is 5.34. The van der Waals surface area contributed by atoms with Crippen LogP contribution in [0.4, 0.5) is 4.39 Å². The Hall–Kier alpha value is -2.29. The number of benzene rings is 1. The molecule has 23 heavy (non-hydrogen) atoms. The number of hydrogen-bond donors (Lipinski definition) is 0. The molecule has 9 heteroatoms. The SMILES string of the molecule is O=C(c1cn(Cc2ccccc2F)nn1)N1CCS(=O)(=O)CC1. The van der Waals surface area contributed by atoms with Crippen LogP contribution in [0.3, 0.4) is 0 Å². The summed E-state index contributed by atoms with van der Waals surface area (Å²) in [6.07, 6.45) is 1.44. The van der Waals surface area contributed by atoms with Crippen LogP contribution in [0.25, 0.3) is 0 Å². The van der Waals surface area contributed by atoms with Crippen molar-refractivity contribution in [3.05, 3.63) is 47.5 Å². The molecule has 1 aliphatic heterocycles. The molecule has 1 fully saturated rings. The van der Waals surface area contributed by atoms with E-state index in [-0.39, 0.29) is 48.6 Å². The van der Waals surface area contributed by atoms with Crippen molar-refractivity contribution in [2.24, 2.45) is 0 Å². The summed E-state index contributed by atoms with van der Waals surface area (Å²) in [5.41, 5.74) is 0.570. The van der Waals surface area contributed by atoms with Gasteiger partial charge in [0.05, 0.1) is 24.2 Å². The van der Waals surface area contributed by atoms with Crippen molar-refractivity contribution in [2.75, 3.05) is 24.6 Å². The molecule has 1 amide bonds. The second kappa shape index (κ2) is 6.07. The fraction of sp³-hybridized carbons (Fsp3) is 0.357. The van der Waals surface area contributed by atoms with Gasteiger partial charge in [0.15, 0.2) is 15.5 Å². The van der Waals surface area contributed by atoms with Gasteiger partial charge in [-0.15, -0.1) is 5.10 Å². The van der Waals surface area contributed by atoms with Crippen LogP contribution in [0.2, 0.25) is 0 Å². The average molecular weight is 338 g/mol. The highest BCUT2D eigenvalue weighted by Crippen LogP contribution is 2.10. The monoisotopic (exact) mass is 338 g/mol. The molecule has 0 radical (unpaired) electrons. The lowest BCUT2D eigenvalue weighted by Crippen LogP contribution is -2.43. The van der Waals surface area contributed by atoms with Gasteiger partial charge in [-0.2, -0.15) is 0 Å². The van der Waals surface area contributed by atoms with E-state index < -0.39 is 9.84 Å². The van der Waals surface area contributed by atoms with Crippen LogP contribution < -0.4 is 0 Å². The Kier molecular flexibility index (Phi) is 4.12. The molecular weight excluding hydrogens is 323 g/mol. The van der Waals surface area contributed by atoms with E-state index >= 15 is 0 Å². The van der Waals surface area contributed by atoms with E-state index in [2.05, 4.69) is 10.3 Å². The van der Waals surface area contributed by atoms with E-state index in [1.165, 1.54) is 21.8 Å². The molecule has 0 saturated carbocycles. The van der Waals surface area contributed by atoms with Gasteiger partial charge < -0.3 is 4.90 Å². The van der Waals surface area contributed by atoms with E-state index in [9.17, 15) is 17.6 Å². The van der Waals surface area contributed by atoms with Gasteiger partial charge in [0.2, 0.25) is 0 Å². The molecule has 0 spiro atoms. The number of sulfone groups is 1. The highest BCUT2D eigenvalue weighted by Gasteiger charge is 2.27. The first-order valence-electron chi connectivity index (χ1n) is 7.08. The number of amides is 1. The molecule has 1 aromatic heterocycles. The van der Waals surface area contributed by atoms with Crippen molar-refractivity contribution in [3.63, 3.8) is 0 Å². The van der Waals surface area contributed by atoms with Crippen molar-refractivity contribution >= 4 is 15.7 Å². The van der Waals surface area contributed by atoms with Crippen LogP contribution in [0.5, 0.6) is 0 Å². The highest BCUT2D eigenvalue weighted by molar-refractivity contribution is 7.91. The van der Waals surface area contributed by atoms with E-state index in [0.29, 0.717) is 5.56 Å². The Labute approximate surface area is 132 Å². The summed E-state index contributed by atoms with van der Waals surface area (Å²) in [5, 5.41) is 7.63. The zero-order valence-corrected chi connectivity index (χ0v) is 13.0. The van der Waals surface area contributed by atoms with Crippen LogP contribution in [0.15, 0.2) is 30.5 Å². The van der Waals surface area contributed by atoms with Crippen LogP contribution in [0.1, 0.15) is 16.1 Å². The molecule has 1 aromatic carbocycles. The van der Waals surface area contributed by atoms with Gasteiger partial charge in [-0.1, -0.05) is 23.4 Å². The number of aromatic nitrogens is 3. The number of nitrogens with zero attached hydrogens (tertiary/aromatic N) is 4. The lowest BCUT2D eigenvalue weighted by molar-refractivity contribution is 0.0764. The standard InChI is InChI=1S/C14H15FN4O3S/c15-12-4-2-1-3-11(12)9-19-10-13(16-17-19)14(20)18-5-7-23(21,22)8-6-18/h1-4,10H,5-9H2. The summed E-state index contributed by atoms with van der Waals surface area (Å²) >= 11 is 0.